The summed E-state index contributed by atoms with van der Waals surface area (Å²) in [6, 6.07) is 2.94. The Morgan fingerprint density at radius 2 is 1.86 bits per heavy atom. The number of hydrogen-bond acceptors (Lipinski definition) is 4. The summed E-state index contributed by atoms with van der Waals surface area (Å²) in [5.74, 6) is 0.766. The number of ether oxygens (including phenoxy) is 2. The van der Waals surface area contributed by atoms with E-state index < -0.39 is 23.5 Å². The molecule has 0 aliphatic carbocycles. The molecule has 0 heterocycles. The van der Waals surface area contributed by atoms with Crippen molar-refractivity contribution >= 4 is 34.0 Å². The summed E-state index contributed by atoms with van der Waals surface area (Å²) < 4.78 is 38.5. The normalized spacial score (nSPS) is 12.5. The van der Waals surface area contributed by atoms with Gasteiger partial charge >= 0.3 is 145 Å². The monoisotopic (exact) mass is 457 g/mol. The first-order valence-corrected chi connectivity index (χ1v) is 13.2. The van der Waals surface area contributed by atoms with Crippen molar-refractivity contribution in [3.05, 3.63) is 17.7 Å². The molecule has 0 aliphatic rings. The first-order valence-electron chi connectivity index (χ1n) is 6.24. The molecule has 128 valence electrons. The van der Waals surface area contributed by atoms with Gasteiger partial charge in [-0.3, -0.25) is 0 Å². The topological polar surface area (TPSA) is 55.8 Å². The zero-order valence-corrected chi connectivity index (χ0v) is 17.0. The quantitative estimate of drug-likeness (QED) is 0.617. The van der Waals surface area contributed by atoms with Gasteiger partial charge in [0.05, 0.1) is 0 Å². The van der Waals surface area contributed by atoms with Gasteiger partial charge in [-0.05, 0) is 0 Å². The summed E-state index contributed by atoms with van der Waals surface area (Å²) in [6.45, 7) is 3.73. The second-order valence-corrected chi connectivity index (χ2v) is 12.7. The van der Waals surface area contributed by atoms with Crippen molar-refractivity contribution in [1.82, 2.24) is 4.31 Å². The Bertz CT molecular complexity index is 671. The van der Waals surface area contributed by atoms with Crippen molar-refractivity contribution < 1.29 is 31.4 Å². The van der Waals surface area contributed by atoms with E-state index in [2.05, 4.69) is 0 Å². The van der Waals surface area contributed by atoms with Gasteiger partial charge in [0.2, 0.25) is 0 Å². The SMILES string of the molecule is COc1cc(S(=O)(=O)N(C)C)cc([CH]=[Ru]([Cl])[Cl])c1OC(C)C. The molecule has 0 bridgehead atoms. The maximum absolute atomic E-state index is 12.3. The minimum atomic E-state index is -3.61. The van der Waals surface area contributed by atoms with Crippen LogP contribution >= 0.6 is 19.4 Å². The second kappa shape index (κ2) is 8.07. The van der Waals surface area contributed by atoms with Crippen molar-refractivity contribution in [2.45, 2.75) is 24.8 Å². The Balaban J connectivity index is 3.65. The van der Waals surface area contributed by atoms with Gasteiger partial charge in [-0.25, -0.2) is 0 Å². The van der Waals surface area contributed by atoms with Gasteiger partial charge < -0.3 is 0 Å². The molecule has 1 aromatic rings. The molecular weight excluding hydrogens is 438 g/mol. The van der Waals surface area contributed by atoms with E-state index in [0.717, 1.165) is 4.31 Å². The van der Waals surface area contributed by atoms with Crippen LogP contribution < -0.4 is 9.47 Å². The van der Waals surface area contributed by atoms with Crippen LogP contribution in [0.25, 0.3) is 0 Å². The van der Waals surface area contributed by atoms with Crippen LogP contribution in [0.4, 0.5) is 0 Å². The predicted molar refractivity (Wildman–Crippen MR) is 86.5 cm³/mol. The van der Waals surface area contributed by atoms with Gasteiger partial charge in [0.15, 0.2) is 0 Å². The molecule has 5 nitrogen and oxygen atoms in total. The number of halogens is 2. The predicted octanol–water partition coefficient (Wildman–Crippen LogP) is 2.81. The number of hydrogen-bond donors (Lipinski definition) is 0. The van der Waals surface area contributed by atoms with Crippen molar-refractivity contribution in [2.24, 2.45) is 0 Å². The molecule has 0 N–H and O–H groups in total. The molecule has 1 rings (SSSR count). The van der Waals surface area contributed by atoms with Crippen LogP contribution in [0.5, 0.6) is 11.5 Å². The van der Waals surface area contributed by atoms with Crippen molar-refractivity contribution in [3.8, 4) is 11.5 Å². The third-order valence-electron chi connectivity index (χ3n) is 2.60. The third kappa shape index (κ3) is 4.90. The fraction of sp³-hybridized carbons (Fsp3) is 0.462. The fourth-order valence-electron chi connectivity index (χ4n) is 1.63. The molecule has 22 heavy (non-hydrogen) atoms. The van der Waals surface area contributed by atoms with Gasteiger partial charge in [0.25, 0.3) is 0 Å². The van der Waals surface area contributed by atoms with Crippen LogP contribution in [-0.4, -0.2) is 44.6 Å². The third-order valence-corrected chi connectivity index (χ3v) is 6.22. The molecule has 0 fully saturated rings. The Labute approximate surface area is 144 Å². The van der Waals surface area contributed by atoms with E-state index in [1.807, 2.05) is 13.8 Å². The van der Waals surface area contributed by atoms with Gasteiger partial charge in [-0.2, -0.15) is 0 Å². The summed E-state index contributed by atoms with van der Waals surface area (Å²) in [5.41, 5.74) is 0.525. The summed E-state index contributed by atoms with van der Waals surface area (Å²) in [5, 5.41) is 0. The van der Waals surface area contributed by atoms with Crippen LogP contribution in [0.3, 0.4) is 0 Å². The second-order valence-electron chi connectivity index (χ2n) is 4.80. The average Bonchev–Trinajstić information content (AvgIpc) is 2.38. The van der Waals surface area contributed by atoms with E-state index in [-0.39, 0.29) is 11.0 Å². The molecule has 0 unspecified atom stereocenters. The summed E-state index contributed by atoms with van der Waals surface area (Å²) in [4.78, 5) is 0.0976. The van der Waals surface area contributed by atoms with Crippen molar-refractivity contribution in [3.63, 3.8) is 0 Å². The molecule has 0 spiro atoms. The molecule has 0 aliphatic heterocycles. The van der Waals surface area contributed by atoms with E-state index in [1.165, 1.54) is 33.3 Å². The molecule has 0 saturated heterocycles. The maximum atomic E-state index is 12.3. The first-order chi connectivity index (χ1) is 10.1. The van der Waals surface area contributed by atoms with E-state index >= 15 is 0 Å². The number of sulfonamides is 1. The zero-order valence-electron chi connectivity index (χ0n) is 12.9. The van der Waals surface area contributed by atoms with E-state index in [0.29, 0.717) is 17.1 Å². The van der Waals surface area contributed by atoms with Crippen LogP contribution in [0, 0.1) is 0 Å². The molecular formula is C13H19Cl2NO4RuS. The van der Waals surface area contributed by atoms with Gasteiger partial charge in [-0.15, -0.1) is 0 Å². The van der Waals surface area contributed by atoms with Crippen molar-refractivity contribution in [2.75, 3.05) is 21.2 Å². The first kappa shape index (κ1) is 19.8. The standard InChI is InChI=1S/C13H19NO4S.2ClH.Ru/c1-9(2)18-13-10(3)7-11(8-12(13)17-6)19(15,16)14(4)5;;;/h3,7-9H,1-2,4-6H3;2*1H;/q;;;+2/p-2. The molecule has 0 saturated carbocycles. The zero-order chi connectivity index (χ0) is 17.1. The fourth-order valence-corrected chi connectivity index (χ4v) is 4.35. The van der Waals surface area contributed by atoms with Gasteiger partial charge in [0, 0.05) is 0 Å². The van der Waals surface area contributed by atoms with Crippen molar-refractivity contribution in [1.29, 1.82) is 0 Å². The van der Waals surface area contributed by atoms with Crippen LogP contribution in [0.2, 0.25) is 0 Å². The number of rotatable bonds is 6. The van der Waals surface area contributed by atoms with Crippen LogP contribution in [-0.2, 0) is 23.5 Å². The molecule has 0 aromatic heterocycles. The van der Waals surface area contributed by atoms with Gasteiger partial charge in [0.1, 0.15) is 0 Å². The number of benzene rings is 1. The Morgan fingerprint density at radius 3 is 2.27 bits per heavy atom. The number of methoxy groups -OCH3 is 1. The summed E-state index contributed by atoms with van der Waals surface area (Å²) in [7, 11) is 12.7. The molecule has 0 amide bonds. The van der Waals surface area contributed by atoms with E-state index in [1.54, 1.807) is 4.61 Å². The van der Waals surface area contributed by atoms with Crippen LogP contribution in [0.15, 0.2) is 17.0 Å². The summed E-state index contributed by atoms with van der Waals surface area (Å²) in [6.07, 6.45) is -0.108. The molecule has 9 heteroatoms. The molecule has 0 atom stereocenters. The number of nitrogens with zero attached hydrogens (tertiary/aromatic N) is 1. The average molecular weight is 457 g/mol. The van der Waals surface area contributed by atoms with Crippen LogP contribution in [0.1, 0.15) is 19.4 Å². The molecule has 1 aromatic carbocycles. The summed E-state index contributed by atoms with van der Waals surface area (Å²) >= 11 is -2.17. The Hall–Kier alpha value is -0.197. The van der Waals surface area contributed by atoms with E-state index in [9.17, 15) is 8.42 Å². The molecule has 0 radical (unpaired) electrons. The minimum absolute atomic E-state index is 0.0976. The Kier molecular flexibility index (Phi) is 7.28. The Morgan fingerprint density at radius 1 is 1.27 bits per heavy atom. The van der Waals surface area contributed by atoms with Gasteiger partial charge in [-0.1, -0.05) is 0 Å². The van der Waals surface area contributed by atoms with E-state index in [4.69, 9.17) is 28.9 Å².